The molecule has 2 heterocycles. The van der Waals surface area contributed by atoms with Gasteiger partial charge in [0.2, 0.25) is 0 Å². The van der Waals surface area contributed by atoms with Crippen LogP contribution in [0.4, 0.5) is 0 Å². The fraction of sp³-hybridized carbons (Fsp3) is 0.0625. The summed E-state index contributed by atoms with van der Waals surface area (Å²) in [5.41, 5.74) is 4.87. The molecular formula is C16H11BrCl2N4O. The summed E-state index contributed by atoms with van der Waals surface area (Å²) in [4.78, 5) is 16.8. The molecular weight excluding hydrogens is 415 g/mol. The van der Waals surface area contributed by atoms with Crippen molar-refractivity contribution < 1.29 is 4.79 Å². The van der Waals surface area contributed by atoms with Crippen molar-refractivity contribution in [3.8, 4) is 0 Å². The lowest BCUT2D eigenvalue weighted by Crippen LogP contribution is -2.20. The van der Waals surface area contributed by atoms with Gasteiger partial charge in [0.15, 0.2) is 0 Å². The number of rotatable bonds is 3. The van der Waals surface area contributed by atoms with Gasteiger partial charge in [-0.25, -0.2) is 10.4 Å². The number of imidazole rings is 1. The van der Waals surface area contributed by atoms with Gasteiger partial charge in [-0.1, -0.05) is 29.3 Å². The quantitative estimate of drug-likeness (QED) is 0.496. The highest BCUT2D eigenvalue weighted by Crippen LogP contribution is 2.19. The van der Waals surface area contributed by atoms with Crippen molar-refractivity contribution in [1.29, 1.82) is 0 Å². The lowest BCUT2D eigenvalue weighted by atomic mass is 10.2. The van der Waals surface area contributed by atoms with Gasteiger partial charge in [0, 0.05) is 21.3 Å². The fourth-order valence-electron chi connectivity index (χ4n) is 2.23. The van der Waals surface area contributed by atoms with E-state index in [-0.39, 0.29) is 5.91 Å². The minimum absolute atomic E-state index is 0.362. The van der Waals surface area contributed by atoms with Gasteiger partial charge in [-0.3, -0.25) is 9.20 Å². The Morgan fingerprint density at radius 2 is 2.12 bits per heavy atom. The van der Waals surface area contributed by atoms with Gasteiger partial charge in [0.1, 0.15) is 11.3 Å². The number of hydrogen-bond acceptors (Lipinski definition) is 3. The Bertz CT molecular complexity index is 968. The number of nitrogens with one attached hydrogen (secondary N) is 1. The second-order valence-electron chi connectivity index (χ2n) is 4.99. The summed E-state index contributed by atoms with van der Waals surface area (Å²) < 4.78 is 2.55. The van der Waals surface area contributed by atoms with Gasteiger partial charge >= 0.3 is 0 Å². The molecule has 122 valence electrons. The average molecular weight is 426 g/mol. The maximum absolute atomic E-state index is 12.4. The third-order valence-electron chi connectivity index (χ3n) is 3.30. The lowest BCUT2D eigenvalue weighted by Gasteiger charge is -2.03. The summed E-state index contributed by atoms with van der Waals surface area (Å²) >= 11 is 15.3. The second-order valence-corrected chi connectivity index (χ2v) is 6.75. The van der Waals surface area contributed by atoms with Crippen LogP contribution in [0.1, 0.15) is 21.7 Å². The van der Waals surface area contributed by atoms with E-state index in [2.05, 4.69) is 31.4 Å². The second kappa shape index (κ2) is 6.93. The number of carbonyl (C=O) groups excluding carboxylic acids is 1. The van der Waals surface area contributed by atoms with E-state index < -0.39 is 0 Å². The van der Waals surface area contributed by atoms with Gasteiger partial charge < -0.3 is 0 Å². The largest absolute Gasteiger partial charge is 0.294 e. The Hall–Kier alpha value is -1.89. The van der Waals surface area contributed by atoms with Crippen molar-refractivity contribution >= 4 is 56.9 Å². The Morgan fingerprint density at radius 1 is 1.33 bits per heavy atom. The lowest BCUT2D eigenvalue weighted by molar-refractivity contribution is 0.0948. The maximum atomic E-state index is 12.4. The summed E-state index contributed by atoms with van der Waals surface area (Å²) in [5, 5.41) is 4.94. The topological polar surface area (TPSA) is 58.8 Å². The van der Waals surface area contributed by atoms with Crippen LogP contribution in [0.2, 0.25) is 10.0 Å². The molecule has 0 aliphatic rings. The molecule has 0 radical (unpaired) electrons. The highest BCUT2D eigenvalue weighted by molar-refractivity contribution is 9.10. The highest BCUT2D eigenvalue weighted by atomic mass is 79.9. The molecule has 8 heteroatoms. The van der Waals surface area contributed by atoms with E-state index in [0.717, 1.165) is 4.47 Å². The van der Waals surface area contributed by atoms with E-state index in [1.54, 1.807) is 35.7 Å². The Labute approximate surface area is 156 Å². The van der Waals surface area contributed by atoms with Crippen molar-refractivity contribution in [2.45, 2.75) is 6.92 Å². The molecule has 0 unspecified atom stereocenters. The molecule has 3 rings (SSSR count). The maximum Gasteiger partial charge on any atom is 0.290 e. The van der Waals surface area contributed by atoms with E-state index >= 15 is 0 Å². The van der Waals surface area contributed by atoms with Crippen molar-refractivity contribution in [3.63, 3.8) is 0 Å². The van der Waals surface area contributed by atoms with E-state index in [0.29, 0.717) is 32.6 Å². The molecule has 1 N–H and O–H groups in total. The molecule has 1 aromatic carbocycles. The molecule has 0 atom stereocenters. The zero-order valence-corrected chi connectivity index (χ0v) is 15.5. The molecule has 5 nitrogen and oxygen atoms in total. The molecule has 1 amide bonds. The van der Waals surface area contributed by atoms with Gasteiger partial charge in [-0.2, -0.15) is 5.10 Å². The molecule has 0 saturated heterocycles. The molecule has 0 aliphatic carbocycles. The summed E-state index contributed by atoms with van der Waals surface area (Å²) in [6.45, 7) is 1.77. The van der Waals surface area contributed by atoms with Crippen molar-refractivity contribution in [1.82, 2.24) is 14.8 Å². The highest BCUT2D eigenvalue weighted by Gasteiger charge is 2.16. The monoisotopic (exact) mass is 424 g/mol. The number of pyridine rings is 1. The first kappa shape index (κ1) is 17.0. The number of amides is 1. The van der Waals surface area contributed by atoms with E-state index in [1.165, 1.54) is 6.21 Å². The van der Waals surface area contributed by atoms with Crippen LogP contribution in [-0.4, -0.2) is 21.5 Å². The number of fused-ring (bicyclic) bond motifs is 1. The number of benzene rings is 1. The standard InChI is InChI=1S/C16H11BrCl2N4O/c1-9-15(23-8-11(17)3-5-14(23)21-9)16(24)22-20-7-10-2-4-12(18)6-13(10)19/h2-8H,1H3,(H,22,24)/b20-7-. The average Bonchev–Trinajstić information content (AvgIpc) is 2.84. The van der Waals surface area contributed by atoms with E-state index in [4.69, 9.17) is 23.2 Å². The van der Waals surface area contributed by atoms with Crippen LogP contribution in [0.5, 0.6) is 0 Å². The number of halogens is 3. The number of carbonyl (C=O) groups is 1. The molecule has 0 saturated carbocycles. The van der Waals surface area contributed by atoms with Gasteiger partial charge in [0.05, 0.1) is 16.9 Å². The molecule has 0 bridgehead atoms. The number of aryl methyl sites for hydroxylation is 1. The normalized spacial score (nSPS) is 11.3. The zero-order chi connectivity index (χ0) is 17.3. The van der Waals surface area contributed by atoms with E-state index in [9.17, 15) is 4.79 Å². The molecule has 3 aromatic rings. The van der Waals surface area contributed by atoms with Crippen LogP contribution in [0, 0.1) is 6.92 Å². The third kappa shape index (κ3) is 3.45. The smallest absolute Gasteiger partial charge is 0.290 e. The molecule has 0 aliphatic heterocycles. The molecule has 24 heavy (non-hydrogen) atoms. The molecule has 0 spiro atoms. The number of nitrogens with zero attached hydrogens (tertiary/aromatic N) is 3. The molecule has 0 fully saturated rings. The summed E-state index contributed by atoms with van der Waals surface area (Å²) in [5.74, 6) is -0.362. The molecule has 2 aromatic heterocycles. The minimum Gasteiger partial charge on any atom is -0.294 e. The van der Waals surface area contributed by atoms with E-state index in [1.807, 2.05) is 12.1 Å². The predicted molar refractivity (Wildman–Crippen MR) is 99.2 cm³/mol. The Morgan fingerprint density at radius 3 is 2.88 bits per heavy atom. The van der Waals surface area contributed by atoms with Crippen LogP contribution in [0.15, 0.2) is 46.1 Å². The number of aromatic nitrogens is 2. The summed E-state index contributed by atoms with van der Waals surface area (Å²) in [6.07, 6.45) is 3.25. The van der Waals surface area contributed by atoms with Crippen LogP contribution in [0.25, 0.3) is 5.65 Å². The van der Waals surface area contributed by atoms with Crippen LogP contribution in [0.3, 0.4) is 0 Å². The number of hydrogen-bond donors (Lipinski definition) is 1. The third-order valence-corrected chi connectivity index (χ3v) is 4.34. The Balaban J connectivity index is 1.84. The number of hydrazone groups is 1. The first-order valence-corrected chi connectivity index (χ1v) is 8.43. The fourth-order valence-corrected chi connectivity index (χ4v) is 3.02. The van der Waals surface area contributed by atoms with Crippen LogP contribution >= 0.6 is 39.1 Å². The van der Waals surface area contributed by atoms with Gasteiger partial charge in [-0.15, -0.1) is 0 Å². The van der Waals surface area contributed by atoms with Crippen LogP contribution < -0.4 is 5.43 Å². The summed E-state index contributed by atoms with van der Waals surface area (Å²) in [7, 11) is 0. The zero-order valence-electron chi connectivity index (χ0n) is 12.4. The summed E-state index contributed by atoms with van der Waals surface area (Å²) in [6, 6.07) is 8.72. The van der Waals surface area contributed by atoms with Crippen LogP contribution in [-0.2, 0) is 0 Å². The first-order chi connectivity index (χ1) is 11.5. The van der Waals surface area contributed by atoms with Crippen molar-refractivity contribution in [2.24, 2.45) is 5.10 Å². The predicted octanol–water partition coefficient (Wildman–Crippen LogP) is 4.48. The van der Waals surface area contributed by atoms with Gasteiger partial charge in [-0.05, 0) is 47.1 Å². The van der Waals surface area contributed by atoms with Crippen molar-refractivity contribution in [2.75, 3.05) is 0 Å². The van der Waals surface area contributed by atoms with Crippen molar-refractivity contribution in [3.05, 3.63) is 68.0 Å². The Kier molecular flexibility index (Phi) is 4.89. The SMILES string of the molecule is Cc1nc2ccc(Br)cn2c1C(=O)N/N=C\c1ccc(Cl)cc1Cl. The minimum atomic E-state index is -0.362. The first-order valence-electron chi connectivity index (χ1n) is 6.88. The van der Waals surface area contributed by atoms with Gasteiger partial charge in [0.25, 0.3) is 5.91 Å².